The molecule has 112 valence electrons. The van der Waals surface area contributed by atoms with Crippen LogP contribution in [0.3, 0.4) is 0 Å². The first-order valence-electron chi connectivity index (χ1n) is 6.03. The van der Waals surface area contributed by atoms with Gasteiger partial charge in [-0.1, -0.05) is 18.5 Å². The van der Waals surface area contributed by atoms with Crippen LogP contribution in [0.2, 0.25) is 5.02 Å². The minimum absolute atomic E-state index is 0.00875. The molecule has 6 nitrogen and oxygen atoms in total. The van der Waals surface area contributed by atoms with Gasteiger partial charge in [-0.3, -0.25) is 4.79 Å². The fourth-order valence-electron chi connectivity index (χ4n) is 1.55. The van der Waals surface area contributed by atoms with Crippen LogP contribution in [0, 0.1) is 0 Å². The van der Waals surface area contributed by atoms with Crippen molar-refractivity contribution in [1.29, 1.82) is 0 Å². The fourth-order valence-corrected chi connectivity index (χ4v) is 3.10. The van der Waals surface area contributed by atoms with E-state index in [1.54, 1.807) is 13.8 Å². The first kappa shape index (κ1) is 16.7. The van der Waals surface area contributed by atoms with Crippen molar-refractivity contribution in [3.63, 3.8) is 0 Å². The highest BCUT2D eigenvalue weighted by Crippen LogP contribution is 2.24. The Labute approximate surface area is 123 Å². The topological polar surface area (TPSA) is 89.7 Å². The van der Waals surface area contributed by atoms with Gasteiger partial charge in [0.2, 0.25) is 10.0 Å². The molecule has 1 aromatic rings. The molecule has 0 aliphatic carbocycles. The summed E-state index contributed by atoms with van der Waals surface area (Å²) in [4.78, 5) is 11.4. The largest absolute Gasteiger partial charge is 0.465 e. The van der Waals surface area contributed by atoms with Crippen LogP contribution < -0.4 is 5.73 Å². The normalized spacial score (nSPS) is 11.6. The number of halogens is 1. The molecule has 8 heteroatoms. The van der Waals surface area contributed by atoms with Crippen LogP contribution >= 0.6 is 11.6 Å². The molecule has 0 atom stereocenters. The van der Waals surface area contributed by atoms with Crippen LogP contribution in [-0.4, -0.2) is 38.4 Å². The highest BCUT2D eigenvalue weighted by atomic mass is 35.5. The maximum atomic E-state index is 12.4. The second-order valence-electron chi connectivity index (χ2n) is 3.92. The van der Waals surface area contributed by atoms with Gasteiger partial charge < -0.3 is 10.5 Å². The third-order valence-electron chi connectivity index (χ3n) is 2.57. The van der Waals surface area contributed by atoms with Crippen LogP contribution in [0.1, 0.15) is 13.8 Å². The number of nitrogens with two attached hydrogens (primary N) is 1. The van der Waals surface area contributed by atoms with Gasteiger partial charge in [-0.2, -0.15) is 4.31 Å². The molecule has 0 saturated heterocycles. The van der Waals surface area contributed by atoms with Gasteiger partial charge in [0, 0.05) is 6.54 Å². The Morgan fingerprint density at radius 2 is 2.05 bits per heavy atom. The molecule has 0 radical (unpaired) electrons. The van der Waals surface area contributed by atoms with Gasteiger partial charge in [-0.25, -0.2) is 8.42 Å². The minimum Gasteiger partial charge on any atom is -0.465 e. The predicted octanol–water partition coefficient (Wildman–Crippen LogP) is 1.50. The number of carbonyl (C=O) groups is 1. The van der Waals surface area contributed by atoms with E-state index in [9.17, 15) is 13.2 Å². The van der Waals surface area contributed by atoms with Crippen molar-refractivity contribution in [1.82, 2.24) is 4.31 Å². The Morgan fingerprint density at radius 1 is 1.40 bits per heavy atom. The van der Waals surface area contributed by atoms with Crippen molar-refractivity contribution in [3.8, 4) is 0 Å². The molecule has 0 heterocycles. The van der Waals surface area contributed by atoms with Crippen LogP contribution in [0.15, 0.2) is 23.1 Å². The third-order valence-corrected chi connectivity index (χ3v) is 4.83. The molecule has 2 N–H and O–H groups in total. The van der Waals surface area contributed by atoms with Gasteiger partial charge in [0.05, 0.1) is 22.2 Å². The van der Waals surface area contributed by atoms with E-state index in [0.717, 1.165) is 4.31 Å². The van der Waals surface area contributed by atoms with Gasteiger partial charge in [-0.15, -0.1) is 0 Å². The number of rotatable bonds is 6. The van der Waals surface area contributed by atoms with E-state index >= 15 is 0 Å². The highest BCUT2D eigenvalue weighted by molar-refractivity contribution is 7.89. The summed E-state index contributed by atoms with van der Waals surface area (Å²) in [6.45, 7) is 3.29. The van der Waals surface area contributed by atoms with Gasteiger partial charge >= 0.3 is 5.97 Å². The van der Waals surface area contributed by atoms with E-state index in [0.29, 0.717) is 0 Å². The van der Waals surface area contributed by atoms with E-state index in [2.05, 4.69) is 0 Å². The smallest absolute Gasteiger partial charge is 0.321 e. The molecule has 0 aliphatic heterocycles. The molecule has 0 amide bonds. The van der Waals surface area contributed by atoms with Crippen molar-refractivity contribution in [2.24, 2.45) is 0 Å². The SMILES string of the molecule is CCOC(=O)CN(CC)S(=O)(=O)c1ccc(Cl)c(N)c1. The van der Waals surface area contributed by atoms with Crippen molar-refractivity contribution in [3.05, 3.63) is 23.2 Å². The van der Waals surface area contributed by atoms with Gasteiger partial charge in [-0.05, 0) is 25.1 Å². The van der Waals surface area contributed by atoms with E-state index < -0.39 is 16.0 Å². The quantitative estimate of drug-likeness (QED) is 0.633. The Hall–Kier alpha value is -1.31. The number of ether oxygens (including phenoxy) is 1. The number of likely N-dealkylation sites (N-methyl/N-ethyl adjacent to an activating group) is 1. The zero-order valence-corrected chi connectivity index (χ0v) is 12.9. The summed E-state index contributed by atoms with van der Waals surface area (Å²) in [6.07, 6.45) is 0. The number of hydrogen-bond donors (Lipinski definition) is 1. The molecule has 0 unspecified atom stereocenters. The first-order valence-corrected chi connectivity index (χ1v) is 7.85. The van der Waals surface area contributed by atoms with E-state index in [1.807, 2.05) is 0 Å². The second-order valence-corrected chi connectivity index (χ2v) is 6.26. The number of anilines is 1. The van der Waals surface area contributed by atoms with E-state index in [1.165, 1.54) is 18.2 Å². The summed E-state index contributed by atoms with van der Waals surface area (Å²) in [5.41, 5.74) is 5.77. The number of benzene rings is 1. The average Bonchev–Trinajstić information content (AvgIpc) is 2.39. The van der Waals surface area contributed by atoms with Gasteiger partial charge in [0.1, 0.15) is 6.54 Å². The van der Waals surface area contributed by atoms with Crippen molar-refractivity contribution in [2.75, 3.05) is 25.4 Å². The summed E-state index contributed by atoms with van der Waals surface area (Å²) in [7, 11) is -3.81. The van der Waals surface area contributed by atoms with Crippen LogP contribution in [0.4, 0.5) is 5.69 Å². The zero-order chi connectivity index (χ0) is 15.3. The lowest BCUT2D eigenvalue weighted by Gasteiger charge is -2.19. The number of nitrogens with zero attached hydrogens (tertiary/aromatic N) is 1. The summed E-state index contributed by atoms with van der Waals surface area (Å²) < 4.78 is 30.6. The Kier molecular flexibility index (Phi) is 5.79. The Morgan fingerprint density at radius 3 is 2.55 bits per heavy atom. The first-order chi connectivity index (χ1) is 9.32. The van der Waals surface area contributed by atoms with Gasteiger partial charge in [0.15, 0.2) is 0 Å². The lowest BCUT2D eigenvalue weighted by molar-refractivity contribution is -0.143. The molecule has 0 aliphatic rings. The van der Waals surface area contributed by atoms with Crippen molar-refractivity contribution < 1.29 is 17.9 Å². The Bertz CT molecular complexity index is 589. The minimum atomic E-state index is -3.81. The predicted molar refractivity (Wildman–Crippen MR) is 76.9 cm³/mol. The molecule has 1 rings (SSSR count). The maximum Gasteiger partial charge on any atom is 0.321 e. The second kappa shape index (κ2) is 6.92. The monoisotopic (exact) mass is 320 g/mol. The summed E-state index contributed by atoms with van der Waals surface area (Å²) in [5.74, 6) is -0.597. The molecule has 0 bridgehead atoms. The third kappa shape index (κ3) is 3.84. The summed E-state index contributed by atoms with van der Waals surface area (Å²) in [6, 6.07) is 4.02. The number of hydrogen-bond acceptors (Lipinski definition) is 5. The van der Waals surface area contributed by atoms with E-state index in [-0.39, 0.29) is 35.3 Å². The average molecular weight is 321 g/mol. The van der Waals surface area contributed by atoms with Crippen molar-refractivity contribution in [2.45, 2.75) is 18.7 Å². The zero-order valence-electron chi connectivity index (χ0n) is 11.3. The van der Waals surface area contributed by atoms with Crippen LogP contribution in [0.5, 0.6) is 0 Å². The summed E-state index contributed by atoms with van der Waals surface area (Å²) in [5, 5.41) is 0.275. The molecule has 0 fully saturated rings. The summed E-state index contributed by atoms with van der Waals surface area (Å²) >= 11 is 5.76. The number of carbonyl (C=O) groups excluding carboxylic acids is 1. The molecule has 0 saturated carbocycles. The number of sulfonamides is 1. The molecule has 1 aromatic carbocycles. The van der Waals surface area contributed by atoms with Crippen molar-refractivity contribution >= 4 is 33.3 Å². The molecule has 0 aromatic heterocycles. The molecular weight excluding hydrogens is 304 g/mol. The fraction of sp³-hybridized carbons (Fsp3) is 0.417. The lowest BCUT2D eigenvalue weighted by atomic mass is 10.3. The molecule has 0 spiro atoms. The lowest BCUT2D eigenvalue weighted by Crippen LogP contribution is -2.36. The highest BCUT2D eigenvalue weighted by Gasteiger charge is 2.26. The van der Waals surface area contributed by atoms with Crippen LogP contribution in [0.25, 0.3) is 0 Å². The van der Waals surface area contributed by atoms with Gasteiger partial charge in [0.25, 0.3) is 0 Å². The Balaban J connectivity index is 3.05. The number of esters is 1. The number of nitrogen functional groups attached to an aromatic ring is 1. The maximum absolute atomic E-state index is 12.4. The standard InChI is InChI=1S/C12H17ClN2O4S/c1-3-15(8-12(16)19-4-2)20(17,18)9-5-6-10(13)11(14)7-9/h5-7H,3-4,8,14H2,1-2H3. The van der Waals surface area contributed by atoms with E-state index in [4.69, 9.17) is 22.1 Å². The molecular formula is C12H17ClN2O4S. The molecule has 20 heavy (non-hydrogen) atoms. The van der Waals surface area contributed by atoms with Crippen LogP contribution in [-0.2, 0) is 19.6 Å².